The molecule has 8 bridgehead atoms. The molecule has 2 aliphatic rings. The van der Waals surface area contributed by atoms with Crippen LogP contribution in [-0.2, 0) is 36.7 Å². The van der Waals surface area contributed by atoms with Crippen molar-refractivity contribution in [2.75, 3.05) is 27.3 Å². The van der Waals surface area contributed by atoms with Crippen LogP contribution in [0.25, 0.3) is 39.3 Å². The molecule has 0 saturated heterocycles. The van der Waals surface area contributed by atoms with Gasteiger partial charge < -0.3 is 30.5 Å². The minimum Gasteiger partial charge on any atom is -0.469 e. The number of nitrogens with two attached hydrogens (primary N) is 1. The van der Waals surface area contributed by atoms with Gasteiger partial charge in [-0.15, -0.1) is 0 Å². The number of ether oxygens (including phenoxy) is 2. The number of carbonyl (C=O) groups is 3. The largest absolute Gasteiger partial charge is 0.469 e. The second-order valence-electron chi connectivity index (χ2n) is 13.3. The zero-order chi connectivity index (χ0) is 37.0. The highest BCUT2D eigenvalue weighted by molar-refractivity contribution is 6.27. The lowest BCUT2D eigenvalue weighted by Crippen LogP contribution is -2.26. The van der Waals surface area contributed by atoms with E-state index in [2.05, 4.69) is 48.7 Å². The van der Waals surface area contributed by atoms with E-state index in [9.17, 15) is 14.4 Å². The van der Waals surface area contributed by atoms with Crippen molar-refractivity contribution in [1.82, 2.24) is 25.3 Å². The van der Waals surface area contributed by atoms with E-state index < -0.39 is 5.97 Å². The number of aromatic nitrogens is 4. The molecule has 11 nitrogen and oxygen atoms in total. The lowest BCUT2D eigenvalue weighted by Gasteiger charge is -2.18. The molecule has 51 heavy (non-hydrogen) atoms. The van der Waals surface area contributed by atoms with Gasteiger partial charge in [0.1, 0.15) is 0 Å². The number of amides is 1. The van der Waals surface area contributed by atoms with Gasteiger partial charge in [-0.2, -0.15) is 0 Å². The van der Waals surface area contributed by atoms with Crippen molar-refractivity contribution >= 4 is 57.1 Å². The van der Waals surface area contributed by atoms with Crippen molar-refractivity contribution in [1.29, 1.82) is 0 Å². The number of rotatable bonds is 12. The van der Waals surface area contributed by atoms with Crippen LogP contribution in [0.4, 0.5) is 0 Å². The van der Waals surface area contributed by atoms with Crippen molar-refractivity contribution in [3.8, 4) is 0 Å². The molecule has 2 atom stereocenters. The molecule has 2 aliphatic heterocycles. The summed E-state index contributed by atoms with van der Waals surface area (Å²) < 4.78 is 10.2. The molecule has 0 fully saturated rings. The predicted molar refractivity (Wildman–Crippen MR) is 202 cm³/mol. The molecule has 0 aliphatic carbocycles. The molecule has 0 aromatic carbocycles. The molecule has 270 valence electrons. The second-order valence-corrected chi connectivity index (χ2v) is 13.3. The van der Waals surface area contributed by atoms with Crippen LogP contribution in [0.2, 0.25) is 0 Å². The Morgan fingerprint density at radius 3 is 2.31 bits per heavy atom. The Morgan fingerprint density at radius 2 is 1.65 bits per heavy atom. The van der Waals surface area contributed by atoms with Crippen LogP contribution in [0.15, 0.2) is 24.8 Å². The van der Waals surface area contributed by atoms with E-state index in [0.717, 1.165) is 69.3 Å². The number of nitrogens with zero attached hydrogens (tertiary/aromatic N) is 2. The lowest BCUT2D eigenvalue weighted by atomic mass is 9.84. The number of methoxy groups -OCH3 is 2. The van der Waals surface area contributed by atoms with Crippen LogP contribution in [0.1, 0.15) is 109 Å². The third-order valence-corrected chi connectivity index (χ3v) is 10.3. The summed E-state index contributed by atoms with van der Waals surface area (Å²) in [7, 11) is 2.70. The zero-order valence-corrected chi connectivity index (χ0v) is 30.8. The summed E-state index contributed by atoms with van der Waals surface area (Å²) in [5.74, 6) is -1.55. The number of esters is 2. The van der Waals surface area contributed by atoms with Crippen molar-refractivity contribution in [3.05, 3.63) is 75.4 Å². The number of aryl methyl sites for hydroxylation is 3. The maximum absolute atomic E-state index is 14.1. The molecule has 0 spiro atoms. The van der Waals surface area contributed by atoms with Gasteiger partial charge in [0.25, 0.3) is 5.91 Å². The average molecular weight is 695 g/mol. The van der Waals surface area contributed by atoms with Crippen LogP contribution in [0.3, 0.4) is 0 Å². The van der Waals surface area contributed by atoms with Gasteiger partial charge in [0.2, 0.25) is 0 Å². The smallest absolute Gasteiger partial charge is 0.310 e. The number of H-pyrrole nitrogens is 2. The molecule has 5 rings (SSSR count). The third-order valence-electron chi connectivity index (χ3n) is 10.3. The fourth-order valence-electron chi connectivity index (χ4n) is 7.26. The first-order valence-electron chi connectivity index (χ1n) is 17.7. The summed E-state index contributed by atoms with van der Waals surface area (Å²) in [6.07, 6.45) is 4.53. The summed E-state index contributed by atoms with van der Waals surface area (Å²) in [5.41, 5.74) is 17.5. The molecular formula is C40H50N6O5. The maximum atomic E-state index is 14.1. The Morgan fingerprint density at radius 1 is 0.941 bits per heavy atom. The molecule has 3 aromatic rings. The normalized spacial score (nSPS) is 15.5. The molecule has 5 N–H and O–H groups in total. The van der Waals surface area contributed by atoms with Crippen molar-refractivity contribution in [3.63, 3.8) is 0 Å². The standard InChI is InChI=1S/C40H50N6O5/c1-9-25-21(3)29-18-31-23(5)27(13-14-35(47)50-7)38(45-31)28(17-36(48)51-8)39-37(40(49)42-16-12-11-15-41)24(6)32(46-39)20-34-26(10-2)22(4)30(44-34)19-33(25)43-29/h9,18-20,23,27,43-44H,1,10-17,41H2,2-8H3,(H,42,49)/t23-,27-/m0/s1. The Kier molecular flexibility index (Phi) is 11.6. The number of fused-ring (bicyclic) bond motifs is 8. The highest BCUT2D eigenvalue weighted by Crippen LogP contribution is 2.44. The zero-order valence-electron chi connectivity index (χ0n) is 30.8. The van der Waals surface area contributed by atoms with Gasteiger partial charge in [0.05, 0.1) is 43.3 Å². The maximum Gasteiger partial charge on any atom is 0.310 e. The summed E-state index contributed by atoms with van der Waals surface area (Å²) in [6.45, 7) is 15.3. The fraction of sp³-hybridized carbons (Fsp3) is 0.425. The minimum absolute atomic E-state index is 0.147. The quantitative estimate of drug-likeness (QED) is 0.124. The van der Waals surface area contributed by atoms with E-state index in [1.807, 2.05) is 32.1 Å². The molecular weight excluding hydrogens is 644 g/mol. The number of allylic oxidation sites excluding steroid dienone is 1. The van der Waals surface area contributed by atoms with Gasteiger partial charge in [-0.05, 0) is 93.5 Å². The molecule has 5 heterocycles. The molecule has 0 unspecified atom stereocenters. The highest BCUT2D eigenvalue weighted by Gasteiger charge is 2.35. The number of hydrogen-bond donors (Lipinski definition) is 4. The van der Waals surface area contributed by atoms with E-state index in [0.29, 0.717) is 53.3 Å². The van der Waals surface area contributed by atoms with E-state index >= 15 is 0 Å². The van der Waals surface area contributed by atoms with Gasteiger partial charge in [-0.25, -0.2) is 4.98 Å². The number of nitrogens with one attached hydrogen (secondary N) is 3. The summed E-state index contributed by atoms with van der Waals surface area (Å²) in [6, 6.07) is 6.12. The Bertz CT molecular complexity index is 2070. The summed E-state index contributed by atoms with van der Waals surface area (Å²) >= 11 is 0. The highest BCUT2D eigenvalue weighted by atomic mass is 16.5. The SMILES string of the molecule is C=Cc1c(C)c2cc3nc(c(CC(=O)OC)c4nc(cc5[nH]c(cc1[nH]2)c(C)c5CC)C(C)=C4C(=O)NCCCCN)[C@@H](CCC(=O)OC)[C@@H]3C. The molecule has 11 heteroatoms. The summed E-state index contributed by atoms with van der Waals surface area (Å²) in [4.78, 5) is 57.3. The van der Waals surface area contributed by atoms with Crippen molar-refractivity contribution < 1.29 is 23.9 Å². The first-order chi connectivity index (χ1) is 24.5. The number of aromatic amines is 2. The summed E-state index contributed by atoms with van der Waals surface area (Å²) in [5, 5.41) is 3.06. The minimum atomic E-state index is -0.492. The number of unbranched alkanes of at least 4 members (excludes halogenated alkanes) is 1. The van der Waals surface area contributed by atoms with E-state index in [-0.39, 0.29) is 36.6 Å². The topological polar surface area (TPSA) is 165 Å². The van der Waals surface area contributed by atoms with Gasteiger partial charge >= 0.3 is 11.9 Å². The van der Waals surface area contributed by atoms with Crippen LogP contribution >= 0.6 is 0 Å². The van der Waals surface area contributed by atoms with Gasteiger partial charge in [0, 0.05) is 63.7 Å². The van der Waals surface area contributed by atoms with Crippen LogP contribution in [0, 0.1) is 13.8 Å². The predicted octanol–water partition coefficient (Wildman–Crippen LogP) is 6.48. The number of hydrogen-bond acceptors (Lipinski definition) is 8. The van der Waals surface area contributed by atoms with Crippen molar-refractivity contribution in [2.24, 2.45) is 5.73 Å². The van der Waals surface area contributed by atoms with E-state index in [1.54, 1.807) is 0 Å². The second kappa shape index (κ2) is 15.9. The van der Waals surface area contributed by atoms with Crippen LogP contribution in [0.5, 0.6) is 0 Å². The van der Waals surface area contributed by atoms with E-state index in [4.69, 9.17) is 25.2 Å². The third kappa shape index (κ3) is 7.39. The molecule has 1 amide bonds. The lowest BCUT2D eigenvalue weighted by molar-refractivity contribution is -0.141. The fourth-order valence-corrected chi connectivity index (χ4v) is 7.26. The van der Waals surface area contributed by atoms with Crippen LogP contribution < -0.4 is 11.1 Å². The van der Waals surface area contributed by atoms with Gasteiger partial charge in [0.15, 0.2) is 0 Å². The average Bonchev–Trinajstić information content (AvgIpc) is 3.80. The first-order valence-corrected chi connectivity index (χ1v) is 17.7. The molecule has 0 radical (unpaired) electrons. The molecule has 3 aromatic heterocycles. The van der Waals surface area contributed by atoms with Crippen molar-refractivity contribution in [2.45, 2.75) is 85.0 Å². The van der Waals surface area contributed by atoms with E-state index in [1.165, 1.54) is 14.2 Å². The first kappa shape index (κ1) is 37.2. The number of carbonyl (C=O) groups excluding carboxylic acids is 3. The Hall–Kier alpha value is -5.03. The van der Waals surface area contributed by atoms with Crippen LogP contribution in [-0.4, -0.2) is 65.1 Å². The van der Waals surface area contributed by atoms with Gasteiger partial charge in [-0.1, -0.05) is 26.5 Å². The Balaban J connectivity index is 1.96. The molecule has 0 saturated carbocycles. The monoisotopic (exact) mass is 694 g/mol. The Labute approximate surface area is 299 Å². The van der Waals surface area contributed by atoms with Gasteiger partial charge in [-0.3, -0.25) is 19.4 Å².